The highest BCUT2D eigenvalue weighted by Gasteiger charge is 2.28. The third kappa shape index (κ3) is 6.81. The predicted octanol–water partition coefficient (Wildman–Crippen LogP) is 3.69. The Labute approximate surface area is 203 Å². The number of carbonyl (C=O) groups is 2. The van der Waals surface area contributed by atoms with Crippen molar-refractivity contribution in [1.29, 1.82) is 0 Å². The third-order valence-corrected chi connectivity index (χ3v) is 6.42. The Kier molecular flexibility index (Phi) is 9.07. The van der Waals surface area contributed by atoms with E-state index in [1.54, 1.807) is 37.3 Å². The molecule has 0 saturated heterocycles. The maximum absolute atomic E-state index is 13.3. The van der Waals surface area contributed by atoms with Crippen molar-refractivity contribution in [1.82, 2.24) is 9.80 Å². The molecule has 0 unspecified atom stereocenters. The number of benzene rings is 2. The molecule has 0 spiro atoms. The molecule has 3 rings (SSSR count). The first-order valence-corrected chi connectivity index (χ1v) is 11.9. The van der Waals surface area contributed by atoms with Gasteiger partial charge in [-0.3, -0.25) is 14.5 Å². The average molecular weight is 468 g/mol. The van der Waals surface area contributed by atoms with Crippen LogP contribution in [-0.2, 0) is 16.0 Å². The quantitative estimate of drug-likeness (QED) is 0.726. The molecular weight excluding hydrogens is 430 g/mol. The summed E-state index contributed by atoms with van der Waals surface area (Å²) < 4.78 is 12.0. The van der Waals surface area contributed by atoms with Crippen LogP contribution in [0.2, 0.25) is 0 Å². The summed E-state index contributed by atoms with van der Waals surface area (Å²) in [6.45, 7) is 8.42. The standard InChI is InChI=1S/C27H37N3O4/c1-19-16-30(14-13-22-9-7-6-8-10-22)20(2)18-34-25-12-11-23(28-21(3)31)15-24(25)27(32)29(4)17-26(19)33-5/h6-12,15,19-20,26H,13-14,16-18H2,1-5H3,(H,28,31)/t19-,20-,26+/m0/s1. The van der Waals surface area contributed by atoms with Gasteiger partial charge in [0, 0.05) is 52.4 Å². The van der Waals surface area contributed by atoms with Gasteiger partial charge in [0.25, 0.3) is 5.91 Å². The van der Waals surface area contributed by atoms with Gasteiger partial charge in [-0.25, -0.2) is 0 Å². The monoisotopic (exact) mass is 467 g/mol. The summed E-state index contributed by atoms with van der Waals surface area (Å²) in [5.74, 6) is 0.378. The molecule has 0 aliphatic carbocycles. The van der Waals surface area contributed by atoms with Crippen molar-refractivity contribution in [3.8, 4) is 5.75 Å². The number of rotatable bonds is 5. The highest BCUT2D eigenvalue weighted by Crippen LogP contribution is 2.26. The molecule has 2 aromatic rings. The van der Waals surface area contributed by atoms with Crippen molar-refractivity contribution in [2.45, 2.75) is 39.3 Å². The molecule has 0 radical (unpaired) electrons. The number of likely N-dealkylation sites (N-methyl/N-ethyl adjacent to an activating group) is 1. The maximum Gasteiger partial charge on any atom is 0.257 e. The number of anilines is 1. The minimum absolute atomic E-state index is 0.109. The van der Waals surface area contributed by atoms with Crippen LogP contribution in [0.5, 0.6) is 5.75 Å². The highest BCUT2D eigenvalue weighted by atomic mass is 16.5. The number of carbonyl (C=O) groups excluding carboxylic acids is 2. The first-order chi connectivity index (χ1) is 16.3. The molecule has 7 heteroatoms. The first-order valence-electron chi connectivity index (χ1n) is 11.9. The van der Waals surface area contributed by atoms with Gasteiger partial charge in [-0.05, 0) is 43.0 Å². The second-order valence-electron chi connectivity index (χ2n) is 9.22. The van der Waals surface area contributed by atoms with Crippen LogP contribution in [0.15, 0.2) is 48.5 Å². The number of fused-ring (bicyclic) bond motifs is 1. The van der Waals surface area contributed by atoms with E-state index in [2.05, 4.69) is 48.3 Å². The number of ether oxygens (including phenoxy) is 2. The Morgan fingerprint density at radius 3 is 2.56 bits per heavy atom. The summed E-state index contributed by atoms with van der Waals surface area (Å²) in [7, 11) is 3.48. The molecule has 184 valence electrons. The fraction of sp³-hybridized carbons (Fsp3) is 0.481. The van der Waals surface area contributed by atoms with E-state index in [0.717, 1.165) is 19.5 Å². The zero-order valence-corrected chi connectivity index (χ0v) is 20.9. The molecule has 0 fully saturated rings. The van der Waals surface area contributed by atoms with Crippen LogP contribution >= 0.6 is 0 Å². The average Bonchev–Trinajstić information content (AvgIpc) is 2.82. The number of nitrogens with zero attached hydrogens (tertiary/aromatic N) is 2. The fourth-order valence-electron chi connectivity index (χ4n) is 4.36. The lowest BCUT2D eigenvalue weighted by Crippen LogP contribution is -2.47. The SMILES string of the molecule is CO[C@@H]1CN(C)C(=O)c2cc(NC(C)=O)ccc2OC[C@H](C)N(CCc2ccccc2)C[C@@H]1C. The van der Waals surface area contributed by atoms with E-state index in [4.69, 9.17) is 9.47 Å². The summed E-state index contributed by atoms with van der Waals surface area (Å²) >= 11 is 0. The summed E-state index contributed by atoms with van der Waals surface area (Å²) in [4.78, 5) is 29.0. The fourth-order valence-corrected chi connectivity index (χ4v) is 4.36. The number of nitrogens with one attached hydrogen (secondary N) is 1. The first kappa shape index (κ1) is 25.7. The highest BCUT2D eigenvalue weighted by molar-refractivity contribution is 5.99. The summed E-state index contributed by atoms with van der Waals surface area (Å²) in [6, 6.07) is 15.8. The Morgan fingerprint density at radius 2 is 1.88 bits per heavy atom. The summed E-state index contributed by atoms with van der Waals surface area (Å²) in [6.07, 6.45) is 0.840. The van der Waals surface area contributed by atoms with Gasteiger partial charge in [0.05, 0.1) is 11.7 Å². The third-order valence-electron chi connectivity index (χ3n) is 6.42. The van der Waals surface area contributed by atoms with Crippen molar-refractivity contribution in [2.75, 3.05) is 45.7 Å². The Bertz CT molecular complexity index is 966. The van der Waals surface area contributed by atoms with Crippen molar-refractivity contribution in [3.63, 3.8) is 0 Å². The Hall–Kier alpha value is -2.90. The van der Waals surface area contributed by atoms with Gasteiger partial charge in [-0.1, -0.05) is 37.3 Å². The second kappa shape index (κ2) is 12.0. The maximum atomic E-state index is 13.3. The van der Waals surface area contributed by atoms with E-state index >= 15 is 0 Å². The minimum Gasteiger partial charge on any atom is -0.491 e. The van der Waals surface area contributed by atoms with E-state index in [-0.39, 0.29) is 29.9 Å². The smallest absolute Gasteiger partial charge is 0.257 e. The molecule has 1 N–H and O–H groups in total. The molecule has 0 bridgehead atoms. The van der Waals surface area contributed by atoms with Crippen LogP contribution < -0.4 is 10.1 Å². The largest absolute Gasteiger partial charge is 0.491 e. The van der Waals surface area contributed by atoms with E-state index in [1.165, 1.54) is 12.5 Å². The number of hydrogen-bond acceptors (Lipinski definition) is 5. The van der Waals surface area contributed by atoms with Gasteiger partial charge in [-0.2, -0.15) is 0 Å². The normalized spacial score (nSPS) is 22.2. The molecule has 1 aliphatic heterocycles. The molecule has 0 saturated carbocycles. The van der Waals surface area contributed by atoms with Crippen molar-refractivity contribution in [3.05, 3.63) is 59.7 Å². The molecular formula is C27H37N3O4. The molecule has 3 atom stereocenters. The zero-order valence-electron chi connectivity index (χ0n) is 20.9. The number of hydrogen-bond donors (Lipinski definition) is 1. The van der Waals surface area contributed by atoms with Crippen LogP contribution in [0.3, 0.4) is 0 Å². The van der Waals surface area contributed by atoms with Gasteiger partial charge >= 0.3 is 0 Å². The molecule has 7 nitrogen and oxygen atoms in total. The zero-order chi connectivity index (χ0) is 24.7. The van der Waals surface area contributed by atoms with Crippen LogP contribution in [0.4, 0.5) is 5.69 Å². The molecule has 34 heavy (non-hydrogen) atoms. The van der Waals surface area contributed by atoms with Crippen molar-refractivity contribution >= 4 is 17.5 Å². The van der Waals surface area contributed by atoms with Gasteiger partial charge in [0.1, 0.15) is 12.4 Å². The van der Waals surface area contributed by atoms with Crippen LogP contribution in [-0.4, -0.2) is 74.2 Å². The summed E-state index contributed by atoms with van der Waals surface area (Å²) in [5, 5.41) is 2.75. The summed E-state index contributed by atoms with van der Waals surface area (Å²) in [5.41, 5.74) is 2.30. The van der Waals surface area contributed by atoms with Crippen molar-refractivity contribution < 1.29 is 19.1 Å². The predicted molar refractivity (Wildman–Crippen MR) is 134 cm³/mol. The molecule has 2 amide bonds. The van der Waals surface area contributed by atoms with E-state index in [0.29, 0.717) is 30.2 Å². The van der Waals surface area contributed by atoms with Crippen LogP contribution in [0, 0.1) is 5.92 Å². The molecule has 2 aromatic carbocycles. The van der Waals surface area contributed by atoms with E-state index in [9.17, 15) is 9.59 Å². The molecule has 0 aromatic heterocycles. The Balaban J connectivity index is 1.88. The van der Waals surface area contributed by atoms with E-state index in [1.807, 2.05) is 6.07 Å². The van der Waals surface area contributed by atoms with Gasteiger partial charge in [0.2, 0.25) is 5.91 Å². The van der Waals surface area contributed by atoms with Crippen molar-refractivity contribution in [2.24, 2.45) is 5.92 Å². The second-order valence-corrected chi connectivity index (χ2v) is 9.22. The van der Waals surface area contributed by atoms with Crippen LogP contribution in [0.1, 0.15) is 36.7 Å². The minimum atomic E-state index is -0.189. The lowest BCUT2D eigenvalue weighted by atomic mass is 10.0. The lowest BCUT2D eigenvalue weighted by molar-refractivity contribution is -0.114. The van der Waals surface area contributed by atoms with E-state index < -0.39 is 0 Å². The van der Waals surface area contributed by atoms with Gasteiger partial charge in [-0.15, -0.1) is 0 Å². The van der Waals surface area contributed by atoms with Gasteiger partial charge < -0.3 is 19.7 Å². The topological polar surface area (TPSA) is 71.1 Å². The van der Waals surface area contributed by atoms with Crippen LogP contribution in [0.25, 0.3) is 0 Å². The number of amides is 2. The van der Waals surface area contributed by atoms with Gasteiger partial charge in [0.15, 0.2) is 0 Å². The Morgan fingerprint density at radius 1 is 1.15 bits per heavy atom. The number of methoxy groups -OCH3 is 1. The molecule has 1 aliphatic rings. The molecule has 1 heterocycles. The lowest BCUT2D eigenvalue weighted by Gasteiger charge is -2.36.